The number of fused-ring (bicyclic) bond motifs is 3. The first kappa shape index (κ1) is 25.6. The Morgan fingerprint density at radius 3 is 2.21 bits per heavy atom. The van der Waals surface area contributed by atoms with Gasteiger partial charge in [0, 0.05) is 13.0 Å². The van der Waals surface area contributed by atoms with E-state index in [2.05, 4.69) is 22.8 Å². The predicted molar refractivity (Wildman–Crippen MR) is 131 cm³/mol. The lowest BCUT2D eigenvalue weighted by atomic mass is 9.98. The molecule has 0 fully saturated rings. The van der Waals surface area contributed by atoms with Crippen molar-refractivity contribution in [2.75, 3.05) is 32.3 Å². The molecule has 0 radical (unpaired) electrons. The summed E-state index contributed by atoms with van der Waals surface area (Å²) in [5.74, 6) is -1.35. The standard InChI is InChI=1S/C25H30N2O6S/c1-25(15-32-2,23(29)30)27-22(28)21(12-13-34-3)26-24(31)33-14-20-18-10-6-4-8-16(18)17-9-5-7-11-19(17)20/h4-11,20-21H,12-15H2,1-3H3,(H,26,31)(H,27,28)(H,29,30)/t21-,25?/m1/s1. The van der Waals surface area contributed by atoms with Crippen molar-refractivity contribution in [3.63, 3.8) is 0 Å². The van der Waals surface area contributed by atoms with Crippen LogP contribution in [0.3, 0.4) is 0 Å². The van der Waals surface area contributed by atoms with Gasteiger partial charge in [-0.25, -0.2) is 9.59 Å². The summed E-state index contributed by atoms with van der Waals surface area (Å²) in [7, 11) is 1.35. The van der Waals surface area contributed by atoms with Crippen LogP contribution in [0.25, 0.3) is 11.1 Å². The van der Waals surface area contributed by atoms with Crippen molar-refractivity contribution < 1.29 is 29.0 Å². The summed E-state index contributed by atoms with van der Waals surface area (Å²) < 4.78 is 10.5. The minimum absolute atomic E-state index is 0.103. The fourth-order valence-electron chi connectivity index (χ4n) is 4.09. The van der Waals surface area contributed by atoms with E-state index in [-0.39, 0.29) is 19.1 Å². The van der Waals surface area contributed by atoms with Crippen LogP contribution in [0, 0.1) is 0 Å². The van der Waals surface area contributed by atoms with Crippen LogP contribution in [-0.4, -0.2) is 67.0 Å². The van der Waals surface area contributed by atoms with E-state index in [0.717, 1.165) is 22.3 Å². The highest BCUT2D eigenvalue weighted by Crippen LogP contribution is 2.44. The molecular weight excluding hydrogens is 456 g/mol. The third-order valence-corrected chi connectivity index (χ3v) is 6.51. The second-order valence-corrected chi connectivity index (χ2v) is 9.35. The number of aliphatic carboxylic acids is 1. The van der Waals surface area contributed by atoms with Crippen molar-refractivity contribution in [1.82, 2.24) is 10.6 Å². The van der Waals surface area contributed by atoms with E-state index in [0.29, 0.717) is 12.2 Å². The van der Waals surface area contributed by atoms with Crippen molar-refractivity contribution in [3.05, 3.63) is 59.7 Å². The molecule has 0 saturated carbocycles. The molecule has 3 rings (SSSR count). The third kappa shape index (κ3) is 5.71. The molecular formula is C25H30N2O6S. The van der Waals surface area contributed by atoms with Gasteiger partial charge in [-0.15, -0.1) is 0 Å². The normalized spacial score (nSPS) is 14.9. The summed E-state index contributed by atoms with van der Waals surface area (Å²) in [6.45, 7) is 1.26. The fourth-order valence-corrected chi connectivity index (χ4v) is 4.56. The number of carbonyl (C=O) groups excluding carboxylic acids is 2. The molecule has 0 heterocycles. The van der Waals surface area contributed by atoms with Gasteiger partial charge in [0.05, 0.1) is 6.61 Å². The SMILES string of the molecule is COCC(C)(NC(=O)[C@@H](CCSC)NC(=O)OCC1c2ccccc2-c2ccccc21)C(=O)O. The van der Waals surface area contributed by atoms with E-state index in [9.17, 15) is 19.5 Å². The Morgan fingerprint density at radius 1 is 1.09 bits per heavy atom. The summed E-state index contributed by atoms with van der Waals surface area (Å²) in [6.07, 6.45) is 1.47. The number of carboxylic acids is 1. The number of nitrogens with one attached hydrogen (secondary N) is 2. The summed E-state index contributed by atoms with van der Waals surface area (Å²) in [5.41, 5.74) is 2.80. The van der Waals surface area contributed by atoms with Gasteiger partial charge in [0.25, 0.3) is 0 Å². The van der Waals surface area contributed by atoms with Crippen molar-refractivity contribution in [2.45, 2.75) is 30.8 Å². The van der Waals surface area contributed by atoms with Crippen LogP contribution in [-0.2, 0) is 19.1 Å². The highest BCUT2D eigenvalue weighted by Gasteiger charge is 2.37. The molecule has 9 heteroatoms. The number of benzene rings is 2. The Kier molecular flexibility index (Phi) is 8.57. The highest BCUT2D eigenvalue weighted by molar-refractivity contribution is 7.98. The van der Waals surface area contributed by atoms with E-state index in [4.69, 9.17) is 9.47 Å². The summed E-state index contributed by atoms with van der Waals surface area (Å²) in [4.78, 5) is 37.2. The van der Waals surface area contributed by atoms with Crippen molar-refractivity contribution in [3.8, 4) is 11.1 Å². The maximum Gasteiger partial charge on any atom is 0.407 e. The average Bonchev–Trinajstić information content (AvgIpc) is 3.14. The number of amides is 2. The molecule has 2 amide bonds. The molecule has 0 saturated heterocycles. The number of hydrogen-bond donors (Lipinski definition) is 3. The number of thioether (sulfide) groups is 1. The topological polar surface area (TPSA) is 114 Å². The number of methoxy groups -OCH3 is 1. The van der Waals surface area contributed by atoms with Gasteiger partial charge in [-0.2, -0.15) is 11.8 Å². The van der Waals surface area contributed by atoms with Gasteiger partial charge in [0.1, 0.15) is 12.6 Å². The fraction of sp³-hybridized carbons (Fsp3) is 0.400. The largest absolute Gasteiger partial charge is 0.479 e. The Morgan fingerprint density at radius 2 is 1.68 bits per heavy atom. The Balaban J connectivity index is 1.67. The van der Waals surface area contributed by atoms with Gasteiger partial charge in [0.15, 0.2) is 5.54 Å². The van der Waals surface area contributed by atoms with E-state index in [1.54, 1.807) is 0 Å². The Hall–Kier alpha value is -3.04. The first-order chi connectivity index (χ1) is 16.3. The minimum Gasteiger partial charge on any atom is -0.479 e. The zero-order valence-corrected chi connectivity index (χ0v) is 20.3. The quantitative estimate of drug-likeness (QED) is 0.447. The molecule has 1 unspecified atom stereocenters. The van der Waals surface area contributed by atoms with Gasteiger partial charge < -0.3 is 25.2 Å². The van der Waals surface area contributed by atoms with Crippen LogP contribution in [0.5, 0.6) is 0 Å². The lowest BCUT2D eigenvalue weighted by molar-refractivity contribution is -0.149. The Labute approximate surface area is 203 Å². The molecule has 1 aliphatic carbocycles. The number of alkyl carbamates (subject to hydrolysis) is 1. The summed E-state index contributed by atoms with van der Waals surface area (Å²) in [5, 5.41) is 14.6. The number of hydrogen-bond acceptors (Lipinski definition) is 6. The zero-order valence-electron chi connectivity index (χ0n) is 19.5. The maximum atomic E-state index is 12.9. The number of carboxylic acid groups (broad SMARTS) is 1. The summed E-state index contributed by atoms with van der Waals surface area (Å²) >= 11 is 1.51. The second-order valence-electron chi connectivity index (χ2n) is 8.36. The molecule has 3 N–H and O–H groups in total. The smallest absolute Gasteiger partial charge is 0.407 e. The van der Waals surface area contributed by atoms with Crippen molar-refractivity contribution in [2.24, 2.45) is 0 Å². The maximum absolute atomic E-state index is 12.9. The molecule has 0 aromatic heterocycles. The Bertz CT molecular complexity index is 1000. The van der Waals surface area contributed by atoms with Crippen molar-refractivity contribution in [1.29, 1.82) is 0 Å². The number of ether oxygens (including phenoxy) is 2. The minimum atomic E-state index is -1.62. The van der Waals surface area contributed by atoms with E-state index in [1.165, 1.54) is 25.8 Å². The third-order valence-electron chi connectivity index (χ3n) is 5.87. The van der Waals surface area contributed by atoms with E-state index < -0.39 is 29.6 Å². The van der Waals surface area contributed by atoms with Gasteiger partial charge >= 0.3 is 12.1 Å². The molecule has 1 aliphatic rings. The molecule has 0 bridgehead atoms. The van der Waals surface area contributed by atoms with Crippen LogP contribution in [0.4, 0.5) is 4.79 Å². The van der Waals surface area contributed by atoms with Crippen LogP contribution < -0.4 is 10.6 Å². The number of carbonyl (C=O) groups is 3. The molecule has 2 atom stereocenters. The van der Waals surface area contributed by atoms with Gasteiger partial charge in [0.2, 0.25) is 5.91 Å². The first-order valence-electron chi connectivity index (χ1n) is 11.0. The predicted octanol–water partition coefficient (Wildman–Crippen LogP) is 3.25. The molecule has 0 spiro atoms. The van der Waals surface area contributed by atoms with Crippen LogP contribution in [0.2, 0.25) is 0 Å². The molecule has 2 aromatic carbocycles. The van der Waals surface area contributed by atoms with Crippen molar-refractivity contribution >= 4 is 29.7 Å². The van der Waals surface area contributed by atoms with Crippen LogP contribution in [0.15, 0.2) is 48.5 Å². The molecule has 182 valence electrons. The average molecular weight is 487 g/mol. The molecule has 8 nitrogen and oxygen atoms in total. The highest BCUT2D eigenvalue weighted by atomic mass is 32.2. The van der Waals surface area contributed by atoms with E-state index >= 15 is 0 Å². The van der Waals surface area contributed by atoms with Crippen LogP contribution >= 0.6 is 11.8 Å². The van der Waals surface area contributed by atoms with Gasteiger partial charge in [-0.05, 0) is 47.6 Å². The molecule has 34 heavy (non-hydrogen) atoms. The first-order valence-corrected chi connectivity index (χ1v) is 12.3. The summed E-state index contributed by atoms with van der Waals surface area (Å²) in [6, 6.07) is 15.1. The number of rotatable bonds is 11. The monoisotopic (exact) mass is 486 g/mol. The molecule has 0 aliphatic heterocycles. The van der Waals surface area contributed by atoms with Crippen LogP contribution in [0.1, 0.15) is 30.4 Å². The van der Waals surface area contributed by atoms with E-state index in [1.807, 2.05) is 42.7 Å². The van der Waals surface area contributed by atoms with Gasteiger partial charge in [-0.3, -0.25) is 4.79 Å². The lowest BCUT2D eigenvalue weighted by Crippen LogP contribution is -2.60. The molecule has 2 aromatic rings. The van der Waals surface area contributed by atoms with Gasteiger partial charge in [-0.1, -0.05) is 48.5 Å². The lowest BCUT2D eigenvalue weighted by Gasteiger charge is -2.28. The zero-order chi connectivity index (χ0) is 24.7. The second kappa shape index (κ2) is 11.4.